The summed E-state index contributed by atoms with van der Waals surface area (Å²) in [6.07, 6.45) is 0.781. The van der Waals surface area contributed by atoms with E-state index < -0.39 is 0 Å². The van der Waals surface area contributed by atoms with Crippen LogP contribution in [0.3, 0.4) is 0 Å². The van der Waals surface area contributed by atoms with E-state index in [0.717, 1.165) is 34.5 Å². The molecule has 0 bridgehead atoms. The fourth-order valence-corrected chi connectivity index (χ4v) is 4.38. The Hall–Kier alpha value is -2.80. The van der Waals surface area contributed by atoms with Gasteiger partial charge < -0.3 is 14.6 Å². The molecule has 0 saturated carbocycles. The summed E-state index contributed by atoms with van der Waals surface area (Å²) < 4.78 is 5.23. The van der Waals surface area contributed by atoms with Crippen molar-refractivity contribution < 1.29 is 14.3 Å². The van der Waals surface area contributed by atoms with Gasteiger partial charge in [-0.1, -0.05) is 11.8 Å². The lowest BCUT2D eigenvalue weighted by Crippen LogP contribution is -2.25. The van der Waals surface area contributed by atoms with Crippen LogP contribution in [-0.2, 0) is 11.2 Å². The van der Waals surface area contributed by atoms with Gasteiger partial charge in [-0.3, -0.25) is 9.59 Å². The number of methoxy groups -OCH3 is 1. The van der Waals surface area contributed by atoms with Crippen LogP contribution in [-0.4, -0.2) is 40.6 Å². The van der Waals surface area contributed by atoms with Gasteiger partial charge in [0.15, 0.2) is 10.9 Å². The standard InChI is InChI=1S/C21H21N3O3S/c1-12(28-21-22-17-6-5-16(27-3)11-18(17)23-21)20(26)15-4-7-19-14(10-15)8-9-24(19)13(2)25/h4-7,10-12H,8-9H2,1-3H3,(H,22,23)/t12-/m1/s1. The topological polar surface area (TPSA) is 75.3 Å². The normalized spacial score (nSPS) is 14.2. The van der Waals surface area contributed by atoms with Crippen LogP contribution in [0, 0.1) is 0 Å². The molecule has 0 fully saturated rings. The lowest BCUT2D eigenvalue weighted by molar-refractivity contribution is -0.116. The van der Waals surface area contributed by atoms with E-state index >= 15 is 0 Å². The lowest BCUT2D eigenvalue weighted by atomic mass is 10.0. The fourth-order valence-electron chi connectivity index (χ4n) is 3.49. The molecule has 3 aromatic rings. The van der Waals surface area contributed by atoms with Gasteiger partial charge in [-0.15, -0.1) is 0 Å². The molecule has 1 amide bonds. The van der Waals surface area contributed by atoms with Crippen LogP contribution in [0.25, 0.3) is 11.0 Å². The molecule has 28 heavy (non-hydrogen) atoms. The van der Waals surface area contributed by atoms with Crippen molar-refractivity contribution in [3.8, 4) is 5.75 Å². The maximum Gasteiger partial charge on any atom is 0.223 e. The van der Waals surface area contributed by atoms with Crippen molar-refractivity contribution in [2.75, 3.05) is 18.6 Å². The van der Waals surface area contributed by atoms with Gasteiger partial charge in [-0.2, -0.15) is 0 Å². The molecule has 0 saturated heterocycles. The molecule has 6 nitrogen and oxygen atoms in total. The monoisotopic (exact) mass is 395 g/mol. The Morgan fingerprint density at radius 3 is 2.82 bits per heavy atom. The molecule has 4 rings (SSSR count). The smallest absolute Gasteiger partial charge is 0.223 e. The Kier molecular flexibility index (Phi) is 4.85. The summed E-state index contributed by atoms with van der Waals surface area (Å²) in [6.45, 7) is 4.13. The number of aromatic nitrogens is 2. The fraction of sp³-hybridized carbons (Fsp3) is 0.286. The number of ether oxygens (including phenoxy) is 1. The number of anilines is 1. The number of thioether (sulfide) groups is 1. The highest BCUT2D eigenvalue weighted by Crippen LogP contribution is 2.31. The van der Waals surface area contributed by atoms with Gasteiger partial charge in [0.2, 0.25) is 5.91 Å². The van der Waals surface area contributed by atoms with E-state index in [0.29, 0.717) is 17.3 Å². The molecule has 1 N–H and O–H groups in total. The van der Waals surface area contributed by atoms with E-state index in [1.807, 2.05) is 43.3 Å². The first kappa shape index (κ1) is 18.6. The first-order valence-corrected chi connectivity index (χ1v) is 10.00. The molecule has 1 atom stereocenters. The molecular formula is C21H21N3O3S. The van der Waals surface area contributed by atoms with Crippen molar-refractivity contribution in [2.24, 2.45) is 0 Å². The highest BCUT2D eigenvalue weighted by atomic mass is 32.2. The molecule has 144 valence electrons. The molecule has 0 unspecified atom stereocenters. The second kappa shape index (κ2) is 7.31. The number of carbonyl (C=O) groups is 2. The molecule has 7 heteroatoms. The number of aromatic amines is 1. The molecule has 1 aliphatic rings. The molecule has 1 aliphatic heterocycles. The van der Waals surface area contributed by atoms with E-state index in [1.54, 1.807) is 18.9 Å². The maximum absolute atomic E-state index is 12.9. The van der Waals surface area contributed by atoms with E-state index in [9.17, 15) is 9.59 Å². The average molecular weight is 395 g/mol. The Bertz CT molecular complexity index is 1080. The van der Waals surface area contributed by atoms with E-state index in [-0.39, 0.29) is 16.9 Å². The van der Waals surface area contributed by atoms with Crippen molar-refractivity contribution in [1.82, 2.24) is 9.97 Å². The van der Waals surface area contributed by atoms with Gasteiger partial charge in [0.05, 0.1) is 23.4 Å². The number of rotatable bonds is 5. The van der Waals surface area contributed by atoms with Crippen molar-refractivity contribution >= 4 is 40.2 Å². The van der Waals surface area contributed by atoms with Crippen molar-refractivity contribution in [3.05, 3.63) is 47.5 Å². The summed E-state index contributed by atoms with van der Waals surface area (Å²) in [5.74, 6) is 0.838. The van der Waals surface area contributed by atoms with Crippen LogP contribution in [0.15, 0.2) is 41.6 Å². The van der Waals surface area contributed by atoms with Crippen LogP contribution in [0.2, 0.25) is 0 Å². The third-order valence-corrected chi connectivity index (χ3v) is 5.95. The quantitative estimate of drug-likeness (QED) is 0.525. The molecular weight excluding hydrogens is 374 g/mol. The summed E-state index contributed by atoms with van der Waals surface area (Å²) in [7, 11) is 1.63. The molecule has 2 aromatic carbocycles. The zero-order chi connectivity index (χ0) is 19.8. The molecule has 0 radical (unpaired) electrons. The van der Waals surface area contributed by atoms with Crippen molar-refractivity contribution in [2.45, 2.75) is 30.7 Å². The van der Waals surface area contributed by atoms with Gasteiger partial charge in [0.25, 0.3) is 0 Å². The number of nitrogens with zero attached hydrogens (tertiary/aromatic N) is 2. The first-order chi connectivity index (χ1) is 13.5. The Labute approximate surface area is 167 Å². The van der Waals surface area contributed by atoms with Crippen LogP contribution >= 0.6 is 11.8 Å². The van der Waals surface area contributed by atoms with Gasteiger partial charge in [-0.05, 0) is 49.2 Å². The van der Waals surface area contributed by atoms with Gasteiger partial charge >= 0.3 is 0 Å². The number of carbonyl (C=O) groups excluding carboxylic acids is 2. The van der Waals surface area contributed by atoms with Crippen LogP contribution in [0.5, 0.6) is 5.75 Å². The number of ketones is 1. The van der Waals surface area contributed by atoms with Crippen LogP contribution in [0.4, 0.5) is 5.69 Å². The number of hydrogen-bond donors (Lipinski definition) is 1. The molecule has 1 aromatic heterocycles. The number of amides is 1. The first-order valence-electron chi connectivity index (χ1n) is 9.12. The number of benzene rings is 2. The van der Waals surface area contributed by atoms with E-state index in [4.69, 9.17) is 4.74 Å². The predicted molar refractivity (Wildman–Crippen MR) is 110 cm³/mol. The Balaban J connectivity index is 1.52. The predicted octanol–water partition coefficient (Wildman–Crippen LogP) is 3.84. The largest absolute Gasteiger partial charge is 0.497 e. The van der Waals surface area contributed by atoms with Gasteiger partial charge in [0, 0.05) is 30.8 Å². The van der Waals surface area contributed by atoms with Crippen molar-refractivity contribution in [3.63, 3.8) is 0 Å². The zero-order valence-corrected chi connectivity index (χ0v) is 16.8. The summed E-state index contributed by atoms with van der Waals surface area (Å²) in [6, 6.07) is 11.2. The Morgan fingerprint density at radius 1 is 1.25 bits per heavy atom. The number of imidazole rings is 1. The zero-order valence-electron chi connectivity index (χ0n) is 16.0. The maximum atomic E-state index is 12.9. The van der Waals surface area contributed by atoms with E-state index in [1.165, 1.54) is 11.8 Å². The molecule has 2 heterocycles. The van der Waals surface area contributed by atoms with Crippen molar-refractivity contribution in [1.29, 1.82) is 0 Å². The third kappa shape index (κ3) is 3.38. The summed E-state index contributed by atoms with van der Waals surface area (Å²) in [4.78, 5) is 34.2. The average Bonchev–Trinajstić information content (AvgIpc) is 3.29. The summed E-state index contributed by atoms with van der Waals surface area (Å²) >= 11 is 1.40. The minimum absolute atomic E-state index is 0.0308. The summed E-state index contributed by atoms with van der Waals surface area (Å²) in [5, 5.41) is 0.416. The third-order valence-electron chi connectivity index (χ3n) is 4.96. The number of nitrogens with one attached hydrogen (secondary N) is 1. The number of Topliss-reactive ketones (excluding diaryl/α,β-unsaturated/α-hetero) is 1. The number of hydrogen-bond acceptors (Lipinski definition) is 5. The molecule has 0 spiro atoms. The Morgan fingerprint density at radius 2 is 2.07 bits per heavy atom. The van der Waals surface area contributed by atoms with Gasteiger partial charge in [0.1, 0.15) is 5.75 Å². The van der Waals surface area contributed by atoms with Gasteiger partial charge in [-0.25, -0.2) is 4.98 Å². The van der Waals surface area contributed by atoms with Crippen LogP contribution in [0.1, 0.15) is 29.8 Å². The van der Waals surface area contributed by atoms with Crippen LogP contribution < -0.4 is 9.64 Å². The second-order valence-corrected chi connectivity index (χ2v) is 8.14. The van der Waals surface area contributed by atoms with E-state index in [2.05, 4.69) is 9.97 Å². The minimum atomic E-state index is -0.286. The number of H-pyrrole nitrogens is 1. The lowest BCUT2D eigenvalue weighted by Gasteiger charge is -2.15. The molecule has 0 aliphatic carbocycles. The highest BCUT2D eigenvalue weighted by Gasteiger charge is 2.25. The SMILES string of the molecule is COc1ccc2nc(S[C@H](C)C(=O)c3ccc4c(c3)CCN4C(C)=O)[nH]c2c1. The minimum Gasteiger partial charge on any atom is -0.497 e. The second-order valence-electron chi connectivity index (χ2n) is 6.81. The summed E-state index contributed by atoms with van der Waals surface area (Å²) in [5.41, 5.74) is 4.35. The highest BCUT2D eigenvalue weighted by molar-refractivity contribution is 8.00. The number of fused-ring (bicyclic) bond motifs is 2.